The number of piperazine rings is 1. The van der Waals surface area contributed by atoms with Crippen LogP contribution in [0.4, 0.5) is 5.69 Å². The Hall–Kier alpha value is -3.53. The number of fused-ring (bicyclic) bond motifs is 1. The van der Waals surface area contributed by atoms with E-state index in [4.69, 9.17) is 20.8 Å². The standard InChI is InChI=1S/C26H24ClN5O3S/c1-34-20-8-2-5-17(15-20)22(31-12-10-30(11-13-31)19-7-3-6-18(27)16-19)23-25(33)32-26(36-23)28-24(29-32)21-9-4-14-35-21/h2-9,14-16,22,33H,10-13H2,1H3/t22-/m1/s1. The SMILES string of the molecule is COc1cccc([C@H](c2sc3nc(-c4ccco4)nn3c2O)N2CCN(c3cccc(Cl)c3)CC2)c1. The Morgan fingerprint density at radius 1 is 1.06 bits per heavy atom. The lowest BCUT2D eigenvalue weighted by Gasteiger charge is -2.40. The molecule has 184 valence electrons. The number of methoxy groups -OCH3 is 1. The molecule has 1 N–H and O–H groups in total. The third kappa shape index (κ3) is 4.19. The highest BCUT2D eigenvalue weighted by Crippen LogP contribution is 2.41. The second kappa shape index (κ2) is 9.50. The molecular formula is C26H24ClN5O3S. The van der Waals surface area contributed by atoms with Crippen molar-refractivity contribution < 1.29 is 14.3 Å². The Kier molecular flexibility index (Phi) is 6.04. The van der Waals surface area contributed by atoms with E-state index in [0.717, 1.165) is 53.1 Å². The van der Waals surface area contributed by atoms with E-state index in [1.807, 2.05) is 36.4 Å². The van der Waals surface area contributed by atoms with Crippen LogP contribution in [0.5, 0.6) is 11.6 Å². The molecule has 4 heterocycles. The van der Waals surface area contributed by atoms with Crippen LogP contribution in [0, 0.1) is 0 Å². The largest absolute Gasteiger partial charge is 0.497 e. The van der Waals surface area contributed by atoms with Crippen molar-refractivity contribution in [1.29, 1.82) is 0 Å². The van der Waals surface area contributed by atoms with Crippen molar-refractivity contribution >= 4 is 33.6 Å². The molecule has 1 fully saturated rings. The van der Waals surface area contributed by atoms with Crippen LogP contribution in [0.3, 0.4) is 0 Å². The van der Waals surface area contributed by atoms with Gasteiger partial charge in [-0.1, -0.05) is 41.1 Å². The van der Waals surface area contributed by atoms with E-state index in [1.165, 1.54) is 15.9 Å². The van der Waals surface area contributed by atoms with Gasteiger partial charge in [-0.2, -0.15) is 9.50 Å². The second-order valence-corrected chi connectivity index (χ2v) is 10.0. The molecule has 0 bridgehead atoms. The first-order valence-electron chi connectivity index (χ1n) is 11.6. The minimum Gasteiger partial charge on any atom is -0.497 e. The molecule has 0 saturated carbocycles. The van der Waals surface area contributed by atoms with Crippen molar-refractivity contribution in [3.05, 3.63) is 82.4 Å². The van der Waals surface area contributed by atoms with E-state index in [2.05, 4.69) is 32.0 Å². The summed E-state index contributed by atoms with van der Waals surface area (Å²) in [5, 5.41) is 16.5. The van der Waals surface area contributed by atoms with Gasteiger partial charge in [-0.25, -0.2) is 0 Å². The van der Waals surface area contributed by atoms with Gasteiger partial charge >= 0.3 is 0 Å². The fourth-order valence-electron chi connectivity index (χ4n) is 4.69. The third-order valence-electron chi connectivity index (χ3n) is 6.45. The molecule has 2 aromatic carbocycles. The topological polar surface area (TPSA) is 79.3 Å². The van der Waals surface area contributed by atoms with Gasteiger partial charge in [-0.3, -0.25) is 4.90 Å². The van der Waals surface area contributed by atoms with Crippen LogP contribution in [0.25, 0.3) is 16.5 Å². The maximum absolute atomic E-state index is 11.3. The monoisotopic (exact) mass is 521 g/mol. The molecule has 3 aromatic heterocycles. The maximum atomic E-state index is 11.3. The lowest BCUT2D eigenvalue weighted by molar-refractivity contribution is 0.211. The Bertz CT molecular complexity index is 1490. The highest BCUT2D eigenvalue weighted by Gasteiger charge is 2.32. The van der Waals surface area contributed by atoms with Crippen molar-refractivity contribution in [1.82, 2.24) is 19.5 Å². The van der Waals surface area contributed by atoms with E-state index in [1.54, 1.807) is 25.5 Å². The molecule has 6 rings (SSSR count). The number of benzene rings is 2. The summed E-state index contributed by atoms with van der Waals surface area (Å²) in [6.07, 6.45) is 1.58. The summed E-state index contributed by atoms with van der Waals surface area (Å²) >= 11 is 7.66. The van der Waals surface area contributed by atoms with Gasteiger partial charge in [0.2, 0.25) is 16.7 Å². The van der Waals surface area contributed by atoms with Crippen LogP contribution in [0.1, 0.15) is 16.5 Å². The van der Waals surface area contributed by atoms with E-state index in [9.17, 15) is 5.11 Å². The Morgan fingerprint density at radius 2 is 1.89 bits per heavy atom. The van der Waals surface area contributed by atoms with Gasteiger partial charge in [-0.15, -0.1) is 5.10 Å². The molecule has 0 spiro atoms. The Labute approximate surface area is 216 Å². The highest BCUT2D eigenvalue weighted by molar-refractivity contribution is 7.17. The highest BCUT2D eigenvalue weighted by atomic mass is 35.5. The number of aromatic hydroxyl groups is 1. The molecule has 0 aliphatic carbocycles. The molecule has 1 saturated heterocycles. The fraction of sp³-hybridized carbons (Fsp3) is 0.231. The predicted molar refractivity (Wildman–Crippen MR) is 140 cm³/mol. The van der Waals surface area contributed by atoms with Gasteiger partial charge in [0.05, 0.1) is 24.3 Å². The molecule has 0 amide bonds. The lowest BCUT2D eigenvalue weighted by atomic mass is 10.0. The Morgan fingerprint density at radius 3 is 2.61 bits per heavy atom. The first-order chi connectivity index (χ1) is 17.6. The van der Waals surface area contributed by atoms with Crippen molar-refractivity contribution in [2.45, 2.75) is 6.04 Å². The number of thiazole rings is 1. The number of ether oxygens (including phenoxy) is 1. The van der Waals surface area contributed by atoms with Gasteiger partial charge in [0, 0.05) is 36.9 Å². The molecule has 5 aromatic rings. The first-order valence-corrected chi connectivity index (χ1v) is 12.8. The summed E-state index contributed by atoms with van der Waals surface area (Å²) in [5.41, 5.74) is 2.16. The average molecular weight is 522 g/mol. The maximum Gasteiger partial charge on any atom is 0.230 e. The molecule has 1 atom stereocenters. The number of hydrogen-bond donors (Lipinski definition) is 1. The lowest BCUT2D eigenvalue weighted by Crippen LogP contribution is -2.47. The van der Waals surface area contributed by atoms with E-state index in [0.29, 0.717) is 16.5 Å². The van der Waals surface area contributed by atoms with Gasteiger partial charge in [0.25, 0.3) is 0 Å². The number of hydrogen-bond acceptors (Lipinski definition) is 8. The Balaban J connectivity index is 1.35. The number of halogens is 1. The summed E-state index contributed by atoms with van der Waals surface area (Å²) < 4.78 is 12.4. The third-order valence-corrected chi connectivity index (χ3v) is 7.76. The quantitative estimate of drug-likeness (QED) is 0.323. The fourth-order valence-corrected chi connectivity index (χ4v) is 5.99. The zero-order chi connectivity index (χ0) is 24.6. The molecule has 0 unspecified atom stereocenters. The van der Waals surface area contributed by atoms with Crippen LogP contribution in [-0.2, 0) is 0 Å². The average Bonchev–Trinajstić information content (AvgIpc) is 3.64. The van der Waals surface area contributed by atoms with Crippen molar-refractivity contribution in [3.8, 4) is 23.2 Å². The zero-order valence-corrected chi connectivity index (χ0v) is 21.1. The van der Waals surface area contributed by atoms with E-state index < -0.39 is 0 Å². The predicted octanol–water partition coefficient (Wildman–Crippen LogP) is 5.33. The molecule has 36 heavy (non-hydrogen) atoms. The number of rotatable bonds is 6. The normalized spacial score (nSPS) is 15.4. The molecular weight excluding hydrogens is 498 g/mol. The molecule has 0 radical (unpaired) electrons. The number of furan rings is 1. The summed E-state index contributed by atoms with van der Waals surface area (Å²) in [5.74, 6) is 1.87. The smallest absolute Gasteiger partial charge is 0.230 e. The van der Waals surface area contributed by atoms with Gasteiger partial charge in [0.1, 0.15) is 5.75 Å². The molecule has 10 heteroatoms. The molecule has 8 nitrogen and oxygen atoms in total. The zero-order valence-electron chi connectivity index (χ0n) is 19.5. The molecule has 1 aliphatic rings. The van der Waals surface area contributed by atoms with Crippen LogP contribution < -0.4 is 9.64 Å². The summed E-state index contributed by atoms with van der Waals surface area (Å²) in [7, 11) is 1.66. The summed E-state index contributed by atoms with van der Waals surface area (Å²) in [4.78, 5) is 10.7. The van der Waals surface area contributed by atoms with E-state index in [-0.39, 0.29) is 11.9 Å². The van der Waals surface area contributed by atoms with Gasteiger partial charge in [-0.05, 0) is 48.0 Å². The van der Waals surface area contributed by atoms with Crippen molar-refractivity contribution in [2.24, 2.45) is 0 Å². The van der Waals surface area contributed by atoms with Crippen molar-refractivity contribution in [3.63, 3.8) is 0 Å². The van der Waals surface area contributed by atoms with Crippen molar-refractivity contribution in [2.75, 3.05) is 38.2 Å². The number of aromatic nitrogens is 3. The molecule has 1 aliphatic heterocycles. The minimum absolute atomic E-state index is 0.0883. The number of anilines is 1. The summed E-state index contributed by atoms with van der Waals surface area (Å²) in [6, 6.07) is 19.4. The van der Waals surface area contributed by atoms with E-state index >= 15 is 0 Å². The van der Waals surface area contributed by atoms with Crippen LogP contribution in [-0.4, -0.2) is 57.9 Å². The second-order valence-electron chi connectivity index (χ2n) is 8.58. The van der Waals surface area contributed by atoms with Gasteiger partial charge in [0.15, 0.2) is 5.76 Å². The summed E-state index contributed by atoms with van der Waals surface area (Å²) in [6.45, 7) is 3.29. The van der Waals surface area contributed by atoms with Gasteiger partial charge < -0.3 is 19.2 Å². The van der Waals surface area contributed by atoms with Crippen LogP contribution >= 0.6 is 22.9 Å². The van der Waals surface area contributed by atoms with Crippen LogP contribution in [0.2, 0.25) is 5.02 Å². The minimum atomic E-state index is -0.179. The number of nitrogens with zero attached hydrogens (tertiary/aromatic N) is 5. The van der Waals surface area contributed by atoms with Crippen LogP contribution in [0.15, 0.2) is 71.3 Å². The first kappa shape index (κ1) is 22.9.